The number of rotatable bonds is 1. The Balaban J connectivity index is 2.09. The Morgan fingerprint density at radius 3 is 2.75 bits per heavy atom. The molecule has 0 atom stereocenters. The van der Waals surface area contributed by atoms with E-state index in [1.807, 2.05) is 12.3 Å². The highest BCUT2D eigenvalue weighted by atomic mass is 79.9. The minimum Gasteiger partial charge on any atom is -0.356 e. The van der Waals surface area contributed by atoms with Crippen LogP contribution in [0.2, 0.25) is 0 Å². The normalized spacial score (nSPS) is 17.7. The van der Waals surface area contributed by atoms with Gasteiger partial charge in [0, 0.05) is 23.8 Å². The van der Waals surface area contributed by atoms with Crippen molar-refractivity contribution in [1.82, 2.24) is 4.98 Å². The van der Waals surface area contributed by atoms with Crippen molar-refractivity contribution in [2.45, 2.75) is 6.92 Å². The maximum Gasteiger partial charge on any atom is 0.128 e. The van der Waals surface area contributed by atoms with E-state index in [1.54, 1.807) is 0 Å². The van der Waals surface area contributed by atoms with Crippen molar-refractivity contribution >= 4 is 21.7 Å². The van der Waals surface area contributed by atoms with Crippen LogP contribution < -0.4 is 4.90 Å². The van der Waals surface area contributed by atoms with Crippen LogP contribution in [0.4, 0.5) is 5.82 Å². The number of nitrogens with zero attached hydrogens (tertiary/aromatic N) is 2. The molecular formula is C9H11BrN2. The molecular weight excluding hydrogens is 216 g/mol. The molecule has 1 aromatic heterocycles. The van der Waals surface area contributed by atoms with Crippen LogP contribution >= 0.6 is 15.9 Å². The molecule has 0 aromatic carbocycles. The van der Waals surface area contributed by atoms with Gasteiger partial charge in [-0.2, -0.15) is 0 Å². The van der Waals surface area contributed by atoms with Crippen molar-refractivity contribution in [1.29, 1.82) is 0 Å². The molecule has 0 amide bonds. The molecule has 0 N–H and O–H groups in total. The topological polar surface area (TPSA) is 16.1 Å². The number of halogens is 1. The van der Waals surface area contributed by atoms with E-state index in [4.69, 9.17) is 0 Å². The van der Waals surface area contributed by atoms with E-state index in [0.717, 1.165) is 29.3 Å². The van der Waals surface area contributed by atoms with Gasteiger partial charge >= 0.3 is 0 Å². The first-order valence-corrected chi connectivity index (χ1v) is 4.91. The fourth-order valence-electron chi connectivity index (χ4n) is 1.44. The molecule has 1 aromatic rings. The first-order valence-electron chi connectivity index (χ1n) is 4.12. The highest BCUT2D eigenvalue weighted by Crippen LogP contribution is 2.22. The summed E-state index contributed by atoms with van der Waals surface area (Å²) in [7, 11) is 0. The summed E-state index contributed by atoms with van der Waals surface area (Å²) in [6.45, 7) is 4.55. The Labute approximate surface area is 80.7 Å². The van der Waals surface area contributed by atoms with Crippen molar-refractivity contribution in [2.24, 2.45) is 5.92 Å². The molecule has 2 nitrogen and oxygen atoms in total. The molecule has 0 bridgehead atoms. The van der Waals surface area contributed by atoms with Crippen molar-refractivity contribution in [3.05, 3.63) is 22.8 Å². The maximum absolute atomic E-state index is 4.31. The predicted octanol–water partition coefficient (Wildman–Crippen LogP) is 2.30. The Hall–Kier alpha value is -0.570. The third-order valence-electron chi connectivity index (χ3n) is 2.10. The molecule has 1 saturated heterocycles. The summed E-state index contributed by atoms with van der Waals surface area (Å²) in [6.07, 6.45) is 1.85. The Kier molecular flexibility index (Phi) is 2.05. The van der Waals surface area contributed by atoms with E-state index < -0.39 is 0 Å². The molecule has 0 unspecified atom stereocenters. The Morgan fingerprint density at radius 1 is 1.50 bits per heavy atom. The van der Waals surface area contributed by atoms with Crippen LogP contribution in [0.15, 0.2) is 22.8 Å². The van der Waals surface area contributed by atoms with Gasteiger partial charge in [-0.05, 0) is 34.0 Å². The third-order valence-corrected chi connectivity index (χ3v) is 2.57. The lowest BCUT2D eigenvalue weighted by Gasteiger charge is -2.38. The second kappa shape index (κ2) is 3.05. The SMILES string of the molecule is CC1CN(c2ccc(Br)cn2)C1. The lowest BCUT2D eigenvalue weighted by Crippen LogP contribution is -2.45. The third kappa shape index (κ3) is 1.46. The van der Waals surface area contributed by atoms with Gasteiger partial charge in [0.25, 0.3) is 0 Å². The number of aromatic nitrogens is 1. The maximum atomic E-state index is 4.31. The molecule has 0 spiro atoms. The monoisotopic (exact) mass is 226 g/mol. The summed E-state index contributed by atoms with van der Waals surface area (Å²) < 4.78 is 1.04. The second-order valence-corrected chi connectivity index (χ2v) is 4.26. The first kappa shape index (κ1) is 8.05. The summed E-state index contributed by atoms with van der Waals surface area (Å²) in [5, 5.41) is 0. The lowest BCUT2D eigenvalue weighted by atomic mass is 10.0. The van der Waals surface area contributed by atoms with Gasteiger partial charge in [-0.3, -0.25) is 0 Å². The molecule has 1 aliphatic rings. The molecule has 2 heterocycles. The van der Waals surface area contributed by atoms with Crippen LogP contribution in [-0.4, -0.2) is 18.1 Å². The molecule has 0 saturated carbocycles. The largest absolute Gasteiger partial charge is 0.356 e. The van der Waals surface area contributed by atoms with E-state index in [1.165, 1.54) is 0 Å². The van der Waals surface area contributed by atoms with E-state index in [-0.39, 0.29) is 0 Å². The van der Waals surface area contributed by atoms with Crippen LogP contribution in [0.1, 0.15) is 6.92 Å². The summed E-state index contributed by atoms with van der Waals surface area (Å²) >= 11 is 3.37. The average molecular weight is 227 g/mol. The summed E-state index contributed by atoms with van der Waals surface area (Å²) in [6, 6.07) is 4.08. The van der Waals surface area contributed by atoms with Crippen molar-refractivity contribution in [3.63, 3.8) is 0 Å². The van der Waals surface area contributed by atoms with Gasteiger partial charge in [0.15, 0.2) is 0 Å². The lowest BCUT2D eigenvalue weighted by molar-refractivity contribution is 0.443. The molecule has 1 fully saturated rings. The van der Waals surface area contributed by atoms with Gasteiger partial charge < -0.3 is 4.90 Å². The Morgan fingerprint density at radius 2 is 2.25 bits per heavy atom. The minimum atomic E-state index is 0.829. The number of anilines is 1. The van der Waals surface area contributed by atoms with Crippen LogP contribution in [-0.2, 0) is 0 Å². The van der Waals surface area contributed by atoms with E-state index in [0.29, 0.717) is 0 Å². The van der Waals surface area contributed by atoms with Crippen LogP contribution in [0.3, 0.4) is 0 Å². The molecule has 0 radical (unpaired) electrons. The van der Waals surface area contributed by atoms with Crippen molar-refractivity contribution in [3.8, 4) is 0 Å². The smallest absolute Gasteiger partial charge is 0.128 e. The standard InChI is InChI=1S/C9H11BrN2/c1-7-5-12(6-7)9-3-2-8(10)4-11-9/h2-4,7H,5-6H2,1H3. The fraction of sp³-hybridized carbons (Fsp3) is 0.444. The number of pyridine rings is 1. The van der Waals surface area contributed by atoms with Crippen molar-refractivity contribution in [2.75, 3.05) is 18.0 Å². The molecule has 3 heteroatoms. The summed E-state index contributed by atoms with van der Waals surface area (Å²) in [5.74, 6) is 1.92. The van der Waals surface area contributed by atoms with Gasteiger partial charge in [0.05, 0.1) is 0 Å². The summed E-state index contributed by atoms with van der Waals surface area (Å²) in [4.78, 5) is 6.60. The molecule has 64 valence electrons. The van der Waals surface area contributed by atoms with Crippen LogP contribution in [0, 0.1) is 5.92 Å². The van der Waals surface area contributed by atoms with Crippen LogP contribution in [0.25, 0.3) is 0 Å². The van der Waals surface area contributed by atoms with Gasteiger partial charge in [-0.15, -0.1) is 0 Å². The van der Waals surface area contributed by atoms with E-state index in [9.17, 15) is 0 Å². The van der Waals surface area contributed by atoms with Gasteiger partial charge in [0.1, 0.15) is 5.82 Å². The zero-order chi connectivity index (χ0) is 8.55. The fourth-order valence-corrected chi connectivity index (χ4v) is 1.68. The van der Waals surface area contributed by atoms with Crippen molar-refractivity contribution < 1.29 is 0 Å². The second-order valence-electron chi connectivity index (χ2n) is 3.34. The quantitative estimate of drug-likeness (QED) is 0.731. The summed E-state index contributed by atoms with van der Waals surface area (Å²) in [5.41, 5.74) is 0. The molecule has 2 rings (SSSR count). The molecule has 12 heavy (non-hydrogen) atoms. The van der Waals surface area contributed by atoms with E-state index in [2.05, 4.69) is 38.8 Å². The first-order chi connectivity index (χ1) is 5.75. The zero-order valence-corrected chi connectivity index (χ0v) is 8.58. The van der Waals surface area contributed by atoms with E-state index >= 15 is 0 Å². The highest BCUT2D eigenvalue weighted by molar-refractivity contribution is 9.10. The number of hydrogen-bond acceptors (Lipinski definition) is 2. The van der Waals surface area contributed by atoms with Crippen LogP contribution in [0.5, 0.6) is 0 Å². The number of hydrogen-bond donors (Lipinski definition) is 0. The molecule has 0 aliphatic carbocycles. The van der Waals surface area contributed by atoms with Gasteiger partial charge in [-0.1, -0.05) is 6.92 Å². The average Bonchev–Trinajstić information content (AvgIpc) is 2.01. The zero-order valence-electron chi connectivity index (χ0n) is 7.00. The van der Waals surface area contributed by atoms with Gasteiger partial charge in [-0.25, -0.2) is 4.98 Å². The highest BCUT2D eigenvalue weighted by Gasteiger charge is 2.22. The Bertz CT molecular complexity index is 264. The van der Waals surface area contributed by atoms with Gasteiger partial charge in [0.2, 0.25) is 0 Å². The molecule has 1 aliphatic heterocycles. The minimum absolute atomic E-state index is 0.829. The predicted molar refractivity (Wildman–Crippen MR) is 53.3 cm³/mol.